The Morgan fingerprint density at radius 1 is 1.69 bits per heavy atom. The van der Waals surface area contributed by atoms with Crippen LogP contribution >= 0.6 is 0 Å². The molecule has 0 aliphatic heterocycles. The zero-order chi connectivity index (χ0) is 9.10. The number of rotatable bonds is 5. The summed E-state index contributed by atoms with van der Waals surface area (Å²) >= 11 is 0. The van der Waals surface area contributed by atoms with Crippen LogP contribution in [0.5, 0.6) is 0 Å². The lowest BCUT2D eigenvalue weighted by Crippen LogP contribution is -2.11. The van der Waals surface area contributed by atoms with Crippen LogP contribution in [-0.2, 0) is 4.74 Å². The van der Waals surface area contributed by atoms with Crippen molar-refractivity contribution < 1.29 is 4.74 Å². The first-order valence-corrected chi connectivity index (χ1v) is 4.67. The molecule has 1 saturated carbocycles. The molecule has 4 nitrogen and oxygen atoms in total. The molecule has 0 saturated heterocycles. The summed E-state index contributed by atoms with van der Waals surface area (Å²) in [5, 5.41) is 3.24. The van der Waals surface area contributed by atoms with E-state index < -0.39 is 0 Å². The first-order chi connectivity index (χ1) is 6.42. The van der Waals surface area contributed by atoms with Crippen LogP contribution in [0.3, 0.4) is 0 Å². The molecule has 0 spiro atoms. The summed E-state index contributed by atoms with van der Waals surface area (Å²) in [6.45, 7) is 1.54. The van der Waals surface area contributed by atoms with Crippen molar-refractivity contribution in [3.05, 3.63) is 12.4 Å². The third kappa shape index (κ3) is 2.01. The van der Waals surface area contributed by atoms with Crippen molar-refractivity contribution in [3.63, 3.8) is 0 Å². The van der Waals surface area contributed by atoms with Crippen molar-refractivity contribution in [2.75, 3.05) is 25.6 Å². The largest absolute Gasteiger partial charge is 0.383 e. The lowest BCUT2D eigenvalue weighted by atomic mass is 10.6. The van der Waals surface area contributed by atoms with Crippen LogP contribution in [0.25, 0.3) is 0 Å². The summed E-state index contributed by atoms with van der Waals surface area (Å²) in [5.74, 6) is 0.972. The lowest BCUT2D eigenvalue weighted by molar-refractivity contribution is 0.210. The van der Waals surface area contributed by atoms with E-state index in [0.29, 0.717) is 6.04 Å². The van der Waals surface area contributed by atoms with Crippen LogP contribution in [0.2, 0.25) is 0 Å². The van der Waals surface area contributed by atoms with Crippen LogP contribution in [0.15, 0.2) is 12.4 Å². The van der Waals surface area contributed by atoms with Gasteiger partial charge in [-0.25, -0.2) is 4.98 Å². The fourth-order valence-electron chi connectivity index (χ4n) is 1.36. The molecular weight excluding hydrogens is 166 g/mol. The summed E-state index contributed by atoms with van der Waals surface area (Å²) < 4.78 is 7.16. The van der Waals surface area contributed by atoms with Gasteiger partial charge in [0.2, 0.25) is 5.95 Å². The molecule has 0 unspecified atom stereocenters. The second kappa shape index (κ2) is 3.79. The second-order valence-corrected chi connectivity index (χ2v) is 3.31. The van der Waals surface area contributed by atoms with Gasteiger partial charge in [-0.15, -0.1) is 0 Å². The van der Waals surface area contributed by atoms with Gasteiger partial charge in [0.15, 0.2) is 0 Å². The molecule has 0 radical (unpaired) electrons. The van der Waals surface area contributed by atoms with E-state index in [1.807, 2.05) is 12.4 Å². The molecule has 1 aromatic rings. The van der Waals surface area contributed by atoms with Crippen molar-refractivity contribution in [2.45, 2.75) is 18.9 Å². The maximum Gasteiger partial charge on any atom is 0.203 e. The van der Waals surface area contributed by atoms with E-state index in [1.165, 1.54) is 12.8 Å². The molecule has 72 valence electrons. The Morgan fingerprint density at radius 3 is 3.23 bits per heavy atom. The number of hydrogen-bond donors (Lipinski definition) is 1. The monoisotopic (exact) mass is 181 g/mol. The van der Waals surface area contributed by atoms with Crippen LogP contribution in [-0.4, -0.2) is 29.8 Å². The highest BCUT2D eigenvalue weighted by Gasteiger charge is 2.25. The predicted molar refractivity (Wildman–Crippen MR) is 50.9 cm³/mol. The topological polar surface area (TPSA) is 39.1 Å². The number of imidazole rings is 1. The number of nitrogens with zero attached hydrogens (tertiary/aromatic N) is 2. The quantitative estimate of drug-likeness (QED) is 0.695. The van der Waals surface area contributed by atoms with Gasteiger partial charge < -0.3 is 14.6 Å². The van der Waals surface area contributed by atoms with E-state index in [2.05, 4.69) is 14.9 Å². The minimum Gasteiger partial charge on any atom is -0.383 e. The number of hydrogen-bond acceptors (Lipinski definition) is 3. The minimum absolute atomic E-state index is 0.688. The number of nitrogens with one attached hydrogen (secondary N) is 1. The zero-order valence-electron chi connectivity index (χ0n) is 7.86. The first kappa shape index (κ1) is 8.56. The Bertz CT molecular complexity index is 268. The third-order valence-corrected chi connectivity index (χ3v) is 2.20. The smallest absolute Gasteiger partial charge is 0.203 e. The normalized spacial score (nSPS) is 16.1. The maximum atomic E-state index is 4.96. The zero-order valence-corrected chi connectivity index (χ0v) is 7.86. The molecule has 0 aromatic carbocycles. The number of aromatic nitrogens is 2. The molecule has 1 N–H and O–H groups in total. The summed E-state index contributed by atoms with van der Waals surface area (Å²) in [6.07, 6.45) is 6.45. The average molecular weight is 181 g/mol. The van der Waals surface area contributed by atoms with Gasteiger partial charge in [0, 0.05) is 32.1 Å². The van der Waals surface area contributed by atoms with Crippen LogP contribution in [0, 0.1) is 0 Å². The van der Waals surface area contributed by atoms with Gasteiger partial charge in [-0.05, 0) is 12.8 Å². The average Bonchev–Trinajstić information content (AvgIpc) is 2.88. The van der Waals surface area contributed by atoms with Gasteiger partial charge in [-0.1, -0.05) is 0 Å². The Balaban J connectivity index is 1.90. The van der Waals surface area contributed by atoms with Crippen molar-refractivity contribution in [2.24, 2.45) is 0 Å². The molecule has 0 amide bonds. The highest BCUT2D eigenvalue weighted by Crippen LogP contribution is 2.36. The molecule has 1 aliphatic rings. The SMILES string of the molecule is COCCNc1nccn1C1CC1. The summed E-state index contributed by atoms with van der Waals surface area (Å²) in [6, 6.07) is 0.688. The molecule has 13 heavy (non-hydrogen) atoms. The van der Waals surface area contributed by atoms with Crippen molar-refractivity contribution in [3.8, 4) is 0 Å². The number of methoxy groups -OCH3 is 1. The van der Waals surface area contributed by atoms with Gasteiger partial charge in [0.05, 0.1) is 6.61 Å². The van der Waals surface area contributed by atoms with Crippen molar-refractivity contribution in [1.29, 1.82) is 0 Å². The van der Waals surface area contributed by atoms with Crippen molar-refractivity contribution in [1.82, 2.24) is 9.55 Å². The summed E-state index contributed by atoms with van der Waals surface area (Å²) in [7, 11) is 1.70. The highest BCUT2D eigenvalue weighted by atomic mass is 16.5. The lowest BCUT2D eigenvalue weighted by Gasteiger charge is -2.07. The molecular formula is C9H15N3O. The second-order valence-electron chi connectivity index (χ2n) is 3.31. The Hall–Kier alpha value is -1.03. The fraction of sp³-hybridized carbons (Fsp3) is 0.667. The van der Waals surface area contributed by atoms with E-state index in [4.69, 9.17) is 4.74 Å². The van der Waals surface area contributed by atoms with Gasteiger partial charge in [-0.3, -0.25) is 0 Å². The molecule has 1 heterocycles. The van der Waals surface area contributed by atoms with Crippen LogP contribution in [0.4, 0.5) is 5.95 Å². The molecule has 1 fully saturated rings. The van der Waals surface area contributed by atoms with E-state index in [-0.39, 0.29) is 0 Å². The third-order valence-electron chi connectivity index (χ3n) is 2.20. The van der Waals surface area contributed by atoms with Gasteiger partial charge >= 0.3 is 0 Å². The molecule has 1 aliphatic carbocycles. The Kier molecular flexibility index (Phi) is 2.49. The molecule has 0 atom stereocenters. The van der Waals surface area contributed by atoms with E-state index in [0.717, 1.165) is 19.1 Å². The number of ether oxygens (including phenoxy) is 1. The van der Waals surface area contributed by atoms with Crippen LogP contribution in [0.1, 0.15) is 18.9 Å². The van der Waals surface area contributed by atoms with E-state index >= 15 is 0 Å². The fourth-order valence-corrected chi connectivity index (χ4v) is 1.36. The summed E-state index contributed by atoms with van der Waals surface area (Å²) in [4.78, 5) is 4.25. The maximum absolute atomic E-state index is 4.96. The highest BCUT2D eigenvalue weighted by molar-refractivity contribution is 5.27. The Morgan fingerprint density at radius 2 is 2.54 bits per heavy atom. The van der Waals surface area contributed by atoms with Crippen molar-refractivity contribution >= 4 is 5.95 Å². The molecule has 0 bridgehead atoms. The standard InChI is InChI=1S/C9H15N3O/c1-13-7-5-11-9-10-4-6-12(9)8-2-3-8/h4,6,8H,2-3,5,7H2,1H3,(H,10,11). The predicted octanol–water partition coefficient (Wildman–Crippen LogP) is 1.28. The summed E-state index contributed by atoms with van der Waals surface area (Å²) in [5.41, 5.74) is 0. The van der Waals surface area contributed by atoms with Gasteiger partial charge in [-0.2, -0.15) is 0 Å². The van der Waals surface area contributed by atoms with E-state index in [9.17, 15) is 0 Å². The van der Waals surface area contributed by atoms with Crippen LogP contribution < -0.4 is 5.32 Å². The van der Waals surface area contributed by atoms with Gasteiger partial charge in [0.1, 0.15) is 0 Å². The van der Waals surface area contributed by atoms with Gasteiger partial charge in [0.25, 0.3) is 0 Å². The first-order valence-electron chi connectivity index (χ1n) is 4.67. The molecule has 1 aromatic heterocycles. The molecule has 2 rings (SSSR count). The van der Waals surface area contributed by atoms with E-state index in [1.54, 1.807) is 7.11 Å². The minimum atomic E-state index is 0.688. The Labute approximate surface area is 77.9 Å². The molecule has 4 heteroatoms. The number of anilines is 1.